The van der Waals surface area contributed by atoms with E-state index in [1.54, 1.807) is 0 Å². The molecule has 0 unspecified atom stereocenters. The van der Waals surface area contributed by atoms with E-state index in [9.17, 15) is 0 Å². The molecule has 3 heteroatoms. The Balaban J connectivity index is 2.41. The van der Waals surface area contributed by atoms with E-state index >= 15 is 0 Å². The minimum absolute atomic E-state index is 0.120. The van der Waals surface area contributed by atoms with E-state index < -0.39 is 6.29 Å². The summed E-state index contributed by atoms with van der Waals surface area (Å²) in [6, 6.07) is 0.289. The van der Waals surface area contributed by atoms with E-state index in [1.165, 1.54) is 0 Å². The highest BCUT2D eigenvalue weighted by atomic mass is 16.5. The van der Waals surface area contributed by atoms with Crippen LogP contribution in [0.15, 0.2) is 0 Å². The summed E-state index contributed by atoms with van der Waals surface area (Å²) < 4.78 is 0. The summed E-state index contributed by atoms with van der Waals surface area (Å²) in [5.74, 6) is 0.548. The molecule has 1 saturated heterocycles. The Hall–Kier alpha value is -0.120. The van der Waals surface area contributed by atoms with Gasteiger partial charge in [-0.25, -0.2) is 0 Å². The molecule has 0 bridgehead atoms. The van der Waals surface area contributed by atoms with Crippen LogP contribution in [0.5, 0.6) is 0 Å². The van der Waals surface area contributed by atoms with Crippen molar-refractivity contribution in [3.05, 3.63) is 0 Å². The average Bonchev–Trinajstić information content (AvgIpc) is 2.13. The molecule has 10 heavy (non-hydrogen) atoms. The molecule has 3 nitrogen and oxygen atoms in total. The van der Waals surface area contributed by atoms with Crippen molar-refractivity contribution in [1.29, 1.82) is 0 Å². The summed E-state index contributed by atoms with van der Waals surface area (Å²) in [4.78, 5) is 0. The van der Waals surface area contributed by atoms with Crippen molar-refractivity contribution in [3.63, 3.8) is 0 Å². The third kappa shape index (κ3) is 1.48. The van der Waals surface area contributed by atoms with E-state index in [4.69, 9.17) is 10.2 Å². The molecule has 0 radical (unpaired) electrons. The van der Waals surface area contributed by atoms with Crippen molar-refractivity contribution in [3.8, 4) is 0 Å². The predicted molar refractivity (Wildman–Crippen MR) is 38.4 cm³/mol. The van der Waals surface area contributed by atoms with Gasteiger partial charge in [0, 0.05) is 6.04 Å². The standard InChI is InChI=1S/C7H15NO2/c1-4-3-6(7(9)10)8-5(4)2/h4-10H,3H2,1-2H3/t4-,5-,6+/m1/s1. The first-order valence-electron chi connectivity index (χ1n) is 3.73. The van der Waals surface area contributed by atoms with Gasteiger partial charge in [-0.2, -0.15) is 0 Å². The van der Waals surface area contributed by atoms with E-state index in [0.717, 1.165) is 6.42 Å². The second kappa shape index (κ2) is 2.86. The fraction of sp³-hybridized carbons (Fsp3) is 1.00. The van der Waals surface area contributed by atoms with Gasteiger partial charge in [0.25, 0.3) is 0 Å². The van der Waals surface area contributed by atoms with Gasteiger partial charge >= 0.3 is 0 Å². The molecule has 3 atom stereocenters. The van der Waals surface area contributed by atoms with Crippen LogP contribution in [0.25, 0.3) is 0 Å². The zero-order valence-electron chi connectivity index (χ0n) is 6.41. The van der Waals surface area contributed by atoms with Gasteiger partial charge in [0.15, 0.2) is 6.29 Å². The third-order valence-corrected chi connectivity index (χ3v) is 2.32. The Morgan fingerprint density at radius 2 is 2.00 bits per heavy atom. The normalized spacial score (nSPS) is 41.1. The van der Waals surface area contributed by atoms with Crippen LogP contribution in [0.4, 0.5) is 0 Å². The minimum Gasteiger partial charge on any atom is -0.367 e. The molecule has 1 fully saturated rings. The van der Waals surface area contributed by atoms with E-state index in [1.807, 2.05) is 0 Å². The fourth-order valence-corrected chi connectivity index (χ4v) is 1.38. The molecule has 1 aliphatic rings. The topological polar surface area (TPSA) is 52.5 Å². The number of rotatable bonds is 1. The van der Waals surface area contributed by atoms with E-state index in [0.29, 0.717) is 12.0 Å². The van der Waals surface area contributed by atoms with Crippen LogP contribution in [-0.2, 0) is 0 Å². The van der Waals surface area contributed by atoms with Crippen molar-refractivity contribution in [1.82, 2.24) is 5.32 Å². The molecule has 1 heterocycles. The Labute approximate surface area is 61.1 Å². The molecule has 0 saturated carbocycles. The molecule has 0 aliphatic carbocycles. The highest BCUT2D eigenvalue weighted by Gasteiger charge is 2.30. The van der Waals surface area contributed by atoms with Crippen LogP contribution >= 0.6 is 0 Å². The monoisotopic (exact) mass is 145 g/mol. The van der Waals surface area contributed by atoms with Gasteiger partial charge in [-0.15, -0.1) is 0 Å². The zero-order valence-corrected chi connectivity index (χ0v) is 6.41. The number of aliphatic hydroxyl groups excluding tert-OH is 1. The summed E-state index contributed by atoms with van der Waals surface area (Å²) in [5, 5.41) is 20.7. The number of nitrogens with one attached hydrogen (secondary N) is 1. The van der Waals surface area contributed by atoms with Gasteiger partial charge < -0.3 is 15.5 Å². The van der Waals surface area contributed by atoms with Crippen molar-refractivity contribution < 1.29 is 10.2 Å². The quantitative estimate of drug-likeness (QED) is 0.443. The van der Waals surface area contributed by atoms with Crippen molar-refractivity contribution >= 4 is 0 Å². The molecule has 1 aliphatic heterocycles. The SMILES string of the molecule is C[C@@H]1C[C@@H](C(O)O)N[C@@H]1C. The molecule has 0 aromatic carbocycles. The van der Waals surface area contributed by atoms with Gasteiger partial charge in [0.05, 0.1) is 6.04 Å². The van der Waals surface area contributed by atoms with Gasteiger partial charge in [-0.1, -0.05) is 6.92 Å². The molecule has 0 aromatic heterocycles. The van der Waals surface area contributed by atoms with E-state index in [2.05, 4.69) is 19.2 Å². The fourth-order valence-electron chi connectivity index (χ4n) is 1.38. The Kier molecular flexibility index (Phi) is 2.28. The average molecular weight is 145 g/mol. The van der Waals surface area contributed by atoms with E-state index in [-0.39, 0.29) is 6.04 Å². The maximum atomic E-state index is 8.78. The van der Waals surface area contributed by atoms with Crippen LogP contribution in [0.2, 0.25) is 0 Å². The Morgan fingerprint density at radius 1 is 1.40 bits per heavy atom. The van der Waals surface area contributed by atoms with Crippen molar-refractivity contribution in [2.45, 2.75) is 38.6 Å². The lowest BCUT2D eigenvalue weighted by atomic mass is 10.0. The lowest BCUT2D eigenvalue weighted by molar-refractivity contribution is -0.0637. The van der Waals surface area contributed by atoms with Crippen LogP contribution in [0.1, 0.15) is 20.3 Å². The first kappa shape index (κ1) is 7.98. The summed E-state index contributed by atoms with van der Waals surface area (Å²) in [7, 11) is 0. The maximum absolute atomic E-state index is 8.78. The Bertz CT molecular complexity index is 106. The molecule has 0 spiro atoms. The lowest BCUT2D eigenvalue weighted by Crippen LogP contribution is -2.37. The molecular formula is C7H15NO2. The zero-order chi connectivity index (χ0) is 7.72. The van der Waals surface area contributed by atoms with Crippen LogP contribution in [0.3, 0.4) is 0 Å². The van der Waals surface area contributed by atoms with Crippen molar-refractivity contribution in [2.75, 3.05) is 0 Å². The third-order valence-electron chi connectivity index (χ3n) is 2.32. The van der Waals surface area contributed by atoms with Crippen LogP contribution < -0.4 is 5.32 Å². The molecule has 1 rings (SSSR count). The summed E-state index contributed by atoms with van der Waals surface area (Å²) in [6.45, 7) is 4.17. The van der Waals surface area contributed by atoms with Crippen molar-refractivity contribution in [2.24, 2.45) is 5.92 Å². The maximum Gasteiger partial charge on any atom is 0.167 e. The molecule has 0 amide bonds. The predicted octanol–water partition coefficient (Wildman–Crippen LogP) is -0.316. The summed E-state index contributed by atoms with van der Waals surface area (Å²) in [6.07, 6.45) is -0.342. The summed E-state index contributed by atoms with van der Waals surface area (Å²) >= 11 is 0. The number of hydrogen-bond donors (Lipinski definition) is 3. The van der Waals surface area contributed by atoms with Gasteiger partial charge in [-0.05, 0) is 19.3 Å². The summed E-state index contributed by atoms with van der Waals surface area (Å²) in [5.41, 5.74) is 0. The highest BCUT2D eigenvalue weighted by Crippen LogP contribution is 2.20. The number of hydrogen-bond acceptors (Lipinski definition) is 3. The smallest absolute Gasteiger partial charge is 0.167 e. The van der Waals surface area contributed by atoms with Crippen LogP contribution in [0, 0.1) is 5.92 Å². The van der Waals surface area contributed by atoms with Gasteiger partial charge in [0.2, 0.25) is 0 Å². The minimum atomic E-state index is -1.20. The highest BCUT2D eigenvalue weighted by molar-refractivity contribution is 4.86. The molecule has 3 N–H and O–H groups in total. The molecule has 0 aromatic rings. The van der Waals surface area contributed by atoms with Gasteiger partial charge in [-0.3, -0.25) is 0 Å². The van der Waals surface area contributed by atoms with Crippen LogP contribution in [-0.4, -0.2) is 28.6 Å². The second-order valence-electron chi connectivity index (χ2n) is 3.19. The Morgan fingerprint density at radius 3 is 2.20 bits per heavy atom. The first-order valence-corrected chi connectivity index (χ1v) is 3.73. The lowest BCUT2D eigenvalue weighted by Gasteiger charge is -2.12. The molecular weight excluding hydrogens is 130 g/mol. The largest absolute Gasteiger partial charge is 0.367 e. The first-order chi connectivity index (χ1) is 4.61. The van der Waals surface area contributed by atoms with Gasteiger partial charge in [0.1, 0.15) is 0 Å². The molecule has 60 valence electrons. The number of aliphatic hydroxyl groups is 2. The second-order valence-corrected chi connectivity index (χ2v) is 3.19.